The van der Waals surface area contributed by atoms with Gasteiger partial charge in [-0.05, 0) is 0 Å². The molecule has 48 valence electrons. The third-order valence-electron chi connectivity index (χ3n) is 0.235. The molecule has 0 aliphatic carbocycles. The summed E-state index contributed by atoms with van der Waals surface area (Å²) in [6.07, 6.45) is 0. The lowest BCUT2D eigenvalue weighted by atomic mass is 10.8. The molecule has 0 bridgehead atoms. The number of amides is 1. The second-order valence-corrected chi connectivity index (χ2v) is 4.97. The first-order chi connectivity index (χ1) is 3.42. The molecule has 0 aliphatic rings. The summed E-state index contributed by atoms with van der Waals surface area (Å²) in [5.74, 6) is -0.639. The molecule has 0 fully saturated rings. The van der Waals surface area contributed by atoms with Crippen LogP contribution in [-0.2, 0) is 13.0 Å². The Morgan fingerprint density at radius 3 is 2.00 bits per heavy atom. The van der Waals surface area contributed by atoms with Gasteiger partial charge >= 0.3 is 0 Å². The molecular weight excluding hydrogens is 173 g/mol. The second-order valence-electron chi connectivity index (χ2n) is 1.01. The Kier molecular flexibility index (Phi) is 2.73. The highest BCUT2D eigenvalue weighted by Gasteiger charge is 1.96. The Hall–Kier alpha value is 0.200. The number of carbonyl (C=O) groups is 1. The fraction of sp³-hybridized carbons (Fsp3) is 0.500. The van der Waals surface area contributed by atoms with Gasteiger partial charge in [0, 0.05) is 28.3 Å². The van der Waals surface area contributed by atoms with E-state index >= 15 is 0 Å². The molecule has 0 radical (unpaired) electrons. The lowest BCUT2D eigenvalue weighted by Gasteiger charge is -1.80. The number of halogens is 2. The van der Waals surface area contributed by atoms with Crippen LogP contribution in [0.2, 0.25) is 0 Å². The maximum Gasteiger partial charge on any atom is 0.252 e. The van der Waals surface area contributed by atoms with E-state index in [0.29, 0.717) is 0 Å². The van der Waals surface area contributed by atoms with Crippen molar-refractivity contribution in [1.82, 2.24) is 0 Å². The molecule has 0 saturated carbocycles. The van der Waals surface area contributed by atoms with E-state index in [0.717, 1.165) is 6.92 Å². The maximum absolute atomic E-state index is 10.1. The summed E-state index contributed by atoms with van der Waals surface area (Å²) in [5.41, 5.74) is 0. The molecule has 0 aromatic rings. The zero-order valence-electron chi connectivity index (χ0n) is 3.93. The van der Waals surface area contributed by atoms with Crippen LogP contribution < -0.4 is 0 Å². The van der Waals surface area contributed by atoms with Crippen LogP contribution in [0.5, 0.6) is 0 Å². The average Bonchev–Trinajstić information content (AvgIpc) is 1.21. The van der Waals surface area contributed by atoms with Crippen molar-refractivity contribution in [2.45, 2.75) is 6.92 Å². The van der Waals surface area contributed by atoms with Crippen LogP contribution in [0.1, 0.15) is 6.92 Å². The van der Waals surface area contributed by atoms with Crippen molar-refractivity contribution in [1.29, 1.82) is 0 Å². The molecule has 0 unspecified atom stereocenters. The molecular formula is C2H3Cl2NO2S. The Balaban J connectivity index is 4.44. The highest BCUT2D eigenvalue weighted by Crippen LogP contribution is 2.07. The highest BCUT2D eigenvalue weighted by molar-refractivity contribution is 8.33. The molecule has 0 aliphatic heterocycles. The molecule has 0 saturated heterocycles. The normalized spacial score (nSPS) is 10.9. The van der Waals surface area contributed by atoms with E-state index in [1.165, 1.54) is 0 Å². The lowest BCUT2D eigenvalue weighted by Crippen LogP contribution is -1.84. The van der Waals surface area contributed by atoms with Gasteiger partial charge in [-0.2, -0.15) is 0 Å². The average molecular weight is 176 g/mol. The van der Waals surface area contributed by atoms with E-state index in [-0.39, 0.29) is 0 Å². The minimum atomic E-state index is -3.25. The van der Waals surface area contributed by atoms with Gasteiger partial charge in [0.2, 0.25) is 8.16 Å². The lowest BCUT2D eigenvalue weighted by molar-refractivity contribution is -0.115. The van der Waals surface area contributed by atoms with E-state index in [2.05, 4.69) is 4.36 Å². The molecule has 0 N–H and O–H groups in total. The minimum absolute atomic E-state index is 0.639. The van der Waals surface area contributed by atoms with Crippen molar-refractivity contribution in [2.24, 2.45) is 4.36 Å². The molecule has 3 nitrogen and oxygen atoms in total. The van der Waals surface area contributed by atoms with Crippen LogP contribution in [-0.4, -0.2) is 10.1 Å². The van der Waals surface area contributed by atoms with Crippen molar-refractivity contribution in [3.05, 3.63) is 0 Å². The van der Waals surface area contributed by atoms with Crippen molar-refractivity contribution in [3.8, 4) is 0 Å². The predicted molar refractivity (Wildman–Crippen MR) is 33.0 cm³/mol. The Morgan fingerprint density at radius 1 is 1.62 bits per heavy atom. The Morgan fingerprint density at radius 2 is 2.00 bits per heavy atom. The topological polar surface area (TPSA) is 46.5 Å². The molecule has 0 rings (SSSR count). The van der Waals surface area contributed by atoms with Gasteiger partial charge in [-0.15, -0.1) is 4.36 Å². The van der Waals surface area contributed by atoms with Gasteiger partial charge in [-0.3, -0.25) is 4.79 Å². The third-order valence-corrected chi connectivity index (χ3v) is 1.12. The Bertz CT molecular complexity index is 196. The quantitative estimate of drug-likeness (QED) is 0.522. The van der Waals surface area contributed by atoms with E-state index in [1.54, 1.807) is 0 Å². The summed E-state index contributed by atoms with van der Waals surface area (Å²) in [7, 11) is 6.41. The van der Waals surface area contributed by atoms with E-state index < -0.39 is 14.1 Å². The summed E-state index contributed by atoms with van der Waals surface area (Å²) in [5, 5.41) is 0. The van der Waals surface area contributed by atoms with Crippen molar-refractivity contribution < 1.29 is 9.00 Å². The summed E-state index contributed by atoms with van der Waals surface area (Å²) in [6.45, 7) is 1.12. The smallest absolute Gasteiger partial charge is 0.252 e. The monoisotopic (exact) mass is 175 g/mol. The van der Waals surface area contributed by atoms with Crippen LogP contribution in [0.25, 0.3) is 0 Å². The van der Waals surface area contributed by atoms with Gasteiger partial charge < -0.3 is 0 Å². The maximum atomic E-state index is 10.1. The van der Waals surface area contributed by atoms with Gasteiger partial charge in [-0.25, -0.2) is 4.21 Å². The Labute approximate surface area is 56.2 Å². The molecule has 0 aromatic carbocycles. The van der Waals surface area contributed by atoms with Gasteiger partial charge in [0.15, 0.2) is 0 Å². The first-order valence-corrected chi connectivity index (χ1v) is 4.75. The SMILES string of the molecule is CC(=O)N=S(=O)(Cl)Cl. The standard InChI is InChI=1S/C2H3Cl2NO2S/c1-2(6)5-8(3,4)7/h1H3. The van der Waals surface area contributed by atoms with E-state index in [1.807, 2.05) is 0 Å². The second kappa shape index (κ2) is 2.66. The fourth-order valence-electron chi connectivity index (χ4n) is 0.150. The third kappa shape index (κ3) is 6.20. The van der Waals surface area contributed by atoms with Crippen molar-refractivity contribution in [3.63, 3.8) is 0 Å². The van der Waals surface area contributed by atoms with Crippen LogP contribution in [0.15, 0.2) is 4.36 Å². The molecule has 8 heavy (non-hydrogen) atoms. The molecule has 0 atom stereocenters. The summed E-state index contributed by atoms with van der Waals surface area (Å²) >= 11 is 0. The van der Waals surface area contributed by atoms with Crippen molar-refractivity contribution in [2.75, 3.05) is 0 Å². The first-order valence-electron chi connectivity index (χ1n) is 1.59. The largest absolute Gasteiger partial charge is 0.272 e. The number of nitrogens with zero attached hydrogens (tertiary/aromatic N) is 1. The van der Waals surface area contributed by atoms with Crippen LogP contribution in [0, 0.1) is 0 Å². The fourth-order valence-corrected chi connectivity index (χ4v) is 1.03. The zero-order valence-corrected chi connectivity index (χ0v) is 6.26. The van der Waals surface area contributed by atoms with Crippen LogP contribution in [0.3, 0.4) is 0 Å². The molecule has 0 spiro atoms. The van der Waals surface area contributed by atoms with Crippen LogP contribution in [0.4, 0.5) is 0 Å². The highest BCUT2D eigenvalue weighted by atomic mass is 36.0. The summed E-state index contributed by atoms with van der Waals surface area (Å²) < 4.78 is 13.0. The molecule has 1 amide bonds. The van der Waals surface area contributed by atoms with E-state index in [9.17, 15) is 9.00 Å². The predicted octanol–water partition coefficient (Wildman–Crippen LogP) is 1.31. The summed E-state index contributed by atoms with van der Waals surface area (Å²) in [4.78, 5) is 9.94. The first kappa shape index (κ1) is 8.20. The zero-order chi connectivity index (χ0) is 6.78. The van der Waals surface area contributed by atoms with Gasteiger partial charge in [0.25, 0.3) is 5.91 Å². The van der Waals surface area contributed by atoms with Crippen LogP contribution >= 0.6 is 21.4 Å². The van der Waals surface area contributed by atoms with Gasteiger partial charge in [0.1, 0.15) is 0 Å². The van der Waals surface area contributed by atoms with Crippen molar-refractivity contribution >= 4 is 35.4 Å². The molecule has 6 heteroatoms. The van der Waals surface area contributed by atoms with E-state index in [4.69, 9.17) is 21.4 Å². The number of rotatable bonds is 0. The molecule has 0 aromatic heterocycles. The summed E-state index contributed by atoms with van der Waals surface area (Å²) in [6, 6.07) is 0. The van der Waals surface area contributed by atoms with Gasteiger partial charge in [-0.1, -0.05) is 0 Å². The molecule has 0 heterocycles. The number of hydrogen-bond donors (Lipinski definition) is 0. The number of hydrogen-bond acceptors (Lipinski definition) is 2. The number of carbonyl (C=O) groups excluding carboxylic acids is 1. The minimum Gasteiger partial charge on any atom is -0.272 e. The van der Waals surface area contributed by atoms with Gasteiger partial charge in [0.05, 0.1) is 0 Å².